The lowest BCUT2D eigenvalue weighted by Gasteiger charge is -2.27. The molecule has 4 aromatic rings. The van der Waals surface area contributed by atoms with Crippen LogP contribution in [0.5, 0.6) is 11.6 Å². The lowest BCUT2D eigenvalue weighted by atomic mass is 10.1. The van der Waals surface area contributed by atoms with Crippen molar-refractivity contribution in [3.8, 4) is 23.0 Å². The van der Waals surface area contributed by atoms with Crippen molar-refractivity contribution in [3.63, 3.8) is 0 Å². The van der Waals surface area contributed by atoms with E-state index in [1.165, 1.54) is 24.4 Å². The van der Waals surface area contributed by atoms with Crippen LogP contribution >= 0.6 is 11.6 Å². The number of nitrogens with one attached hydrogen (secondary N) is 3. The van der Waals surface area contributed by atoms with Crippen molar-refractivity contribution in [2.75, 3.05) is 17.8 Å². The smallest absolute Gasteiger partial charge is 0.279 e. The normalized spacial score (nSPS) is 17.9. The topological polar surface area (TPSA) is 144 Å². The van der Waals surface area contributed by atoms with Crippen molar-refractivity contribution in [3.05, 3.63) is 47.2 Å². The number of fused-ring (bicyclic) bond motifs is 1. The van der Waals surface area contributed by atoms with Gasteiger partial charge in [0.05, 0.1) is 16.8 Å². The Bertz CT molecular complexity index is 1620. The van der Waals surface area contributed by atoms with Gasteiger partial charge in [0.1, 0.15) is 23.4 Å². The number of anilines is 1. The number of aromatic nitrogens is 5. The molecule has 0 saturated carbocycles. The number of rotatable bonds is 8. The largest absolute Gasteiger partial charge is 0.491 e. The number of ether oxygens (including phenoxy) is 2. The van der Waals surface area contributed by atoms with Crippen LogP contribution in [0.2, 0.25) is 5.02 Å². The van der Waals surface area contributed by atoms with Gasteiger partial charge in [0.2, 0.25) is 5.88 Å². The molecule has 2 atom stereocenters. The van der Waals surface area contributed by atoms with E-state index in [1.54, 1.807) is 19.1 Å². The molecule has 1 aliphatic rings. The molecule has 39 heavy (non-hydrogen) atoms. The highest BCUT2D eigenvalue weighted by Gasteiger charge is 2.28. The number of aromatic amines is 1. The lowest BCUT2D eigenvalue weighted by molar-refractivity contribution is 0.0707. The van der Waals surface area contributed by atoms with E-state index in [1.807, 2.05) is 13.8 Å². The molecule has 206 valence electrons. The molecule has 3 N–H and O–H groups in total. The number of benzene rings is 1. The number of H-pyrrole nitrogens is 1. The molecule has 0 unspecified atom stereocenters. The van der Waals surface area contributed by atoms with Gasteiger partial charge in [-0.3, -0.25) is 9.82 Å². The summed E-state index contributed by atoms with van der Waals surface area (Å²) < 4.78 is 54.5. The van der Waals surface area contributed by atoms with Crippen LogP contribution in [0.25, 0.3) is 22.4 Å². The van der Waals surface area contributed by atoms with Crippen LogP contribution in [-0.2, 0) is 10.0 Å². The Morgan fingerprint density at radius 2 is 2.03 bits per heavy atom. The van der Waals surface area contributed by atoms with E-state index in [-0.39, 0.29) is 40.1 Å². The number of sulfonamides is 1. The predicted octanol–water partition coefficient (Wildman–Crippen LogP) is 4.04. The fourth-order valence-corrected chi connectivity index (χ4v) is 5.46. The van der Waals surface area contributed by atoms with Gasteiger partial charge >= 0.3 is 0 Å². The van der Waals surface area contributed by atoms with Crippen molar-refractivity contribution in [1.82, 2.24) is 30.5 Å². The number of pyridine rings is 1. The summed E-state index contributed by atoms with van der Waals surface area (Å²) in [6, 6.07) is 7.55. The minimum absolute atomic E-state index is 0.109. The lowest BCUT2D eigenvalue weighted by Crippen LogP contribution is -2.44. The molecule has 1 saturated heterocycles. The van der Waals surface area contributed by atoms with Crippen LogP contribution in [0.15, 0.2) is 41.6 Å². The van der Waals surface area contributed by atoms with E-state index < -0.39 is 22.3 Å². The Hall–Kier alpha value is -3.55. The zero-order chi connectivity index (χ0) is 27.7. The maximum atomic E-state index is 14.5. The third kappa shape index (κ3) is 5.89. The first kappa shape index (κ1) is 27.0. The van der Waals surface area contributed by atoms with Crippen molar-refractivity contribution in [2.45, 2.75) is 50.6 Å². The maximum Gasteiger partial charge on any atom is 0.279 e. The molecule has 5 rings (SSSR count). The molecule has 1 aromatic carbocycles. The highest BCUT2D eigenvalue weighted by molar-refractivity contribution is 7.92. The van der Waals surface area contributed by atoms with E-state index in [0.717, 1.165) is 0 Å². The Kier molecular flexibility index (Phi) is 7.56. The van der Waals surface area contributed by atoms with Gasteiger partial charge in [-0.25, -0.2) is 14.4 Å². The molecule has 0 aliphatic carbocycles. The van der Waals surface area contributed by atoms with Crippen LogP contribution in [0, 0.1) is 6.92 Å². The summed E-state index contributed by atoms with van der Waals surface area (Å²) in [6.45, 7) is 6.31. The molecule has 4 heterocycles. The molecule has 14 heteroatoms. The average molecular weight is 576 g/mol. The zero-order valence-electron chi connectivity index (χ0n) is 21.4. The number of aryl methyl sites for hydroxylation is 1. The summed E-state index contributed by atoms with van der Waals surface area (Å²) >= 11 is 6.47. The monoisotopic (exact) mass is 575 g/mol. The second kappa shape index (κ2) is 10.9. The number of hydrogen-bond acceptors (Lipinski definition) is 9. The van der Waals surface area contributed by atoms with Gasteiger partial charge in [0, 0.05) is 30.1 Å². The third-order valence-corrected chi connectivity index (χ3v) is 7.57. The number of nitrogens with zero attached hydrogens (tertiary/aromatic N) is 4. The van der Waals surface area contributed by atoms with Gasteiger partial charge in [-0.2, -0.15) is 18.5 Å². The standard InChI is InChI=1S/C25H27ClFN7O4S/c1-13(2)37-16-6-9-29-21(11-16)39(35,36)34-19-5-4-15(10-17(19)26)23-30-24-22(14(3)32-33-24)25(31-23)38-20-7-8-28-12-18(20)27/h4-6,9-11,13,18,20,28,34H,7-8,12H2,1-3H3,(H,30,31,32,33)/t18-,20+/m0/s1. The predicted molar refractivity (Wildman–Crippen MR) is 144 cm³/mol. The minimum Gasteiger partial charge on any atom is -0.491 e. The molecular formula is C25H27ClFN7O4S. The van der Waals surface area contributed by atoms with Crippen LogP contribution < -0.4 is 19.5 Å². The zero-order valence-corrected chi connectivity index (χ0v) is 23.0. The highest BCUT2D eigenvalue weighted by atomic mass is 35.5. The van der Waals surface area contributed by atoms with E-state index in [0.29, 0.717) is 41.0 Å². The average Bonchev–Trinajstić information content (AvgIpc) is 3.27. The molecule has 11 nitrogen and oxygen atoms in total. The van der Waals surface area contributed by atoms with Crippen molar-refractivity contribution >= 4 is 38.3 Å². The van der Waals surface area contributed by atoms with E-state index in [9.17, 15) is 12.8 Å². The molecule has 0 bridgehead atoms. The van der Waals surface area contributed by atoms with Crippen LogP contribution in [0.1, 0.15) is 26.0 Å². The molecule has 1 fully saturated rings. The first-order valence-electron chi connectivity index (χ1n) is 12.3. The number of piperidine rings is 1. The van der Waals surface area contributed by atoms with Crippen LogP contribution in [0.3, 0.4) is 0 Å². The molecule has 1 aliphatic heterocycles. The summed E-state index contributed by atoms with van der Waals surface area (Å²) in [7, 11) is -4.06. The first-order chi connectivity index (χ1) is 18.6. The van der Waals surface area contributed by atoms with Gasteiger partial charge in [-0.1, -0.05) is 11.6 Å². The Morgan fingerprint density at radius 3 is 2.77 bits per heavy atom. The van der Waals surface area contributed by atoms with Gasteiger partial charge in [-0.05, 0) is 58.0 Å². The van der Waals surface area contributed by atoms with Gasteiger partial charge in [0.15, 0.2) is 16.5 Å². The Morgan fingerprint density at radius 1 is 1.21 bits per heavy atom. The van der Waals surface area contributed by atoms with E-state index in [4.69, 9.17) is 21.1 Å². The summed E-state index contributed by atoms with van der Waals surface area (Å²) in [5.41, 5.74) is 1.67. The minimum atomic E-state index is -4.06. The van der Waals surface area contributed by atoms with E-state index >= 15 is 0 Å². The SMILES string of the molecule is Cc1[nH]nc2nc(-c3ccc(NS(=O)(=O)c4cc(OC(C)C)ccn4)c(Cl)c3)nc(O[C@@H]3CCNC[C@@H]3F)c12. The molecule has 3 aromatic heterocycles. The van der Waals surface area contributed by atoms with E-state index in [2.05, 4.69) is 35.2 Å². The Balaban J connectivity index is 1.43. The second-order valence-electron chi connectivity index (χ2n) is 9.36. The summed E-state index contributed by atoms with van der Waals surface area (Å²) in [5.74, 6) is 0.834. The van der Waals surface area contributed by atoms with Gasteiger partial charge in [-0.15, -0.1) is 0 Å². The fraction of sp³-hybridized carbons (Fsp3) is 0.360. The molecule has 0 radical (unpaired) electrons. The van der Waals surface area contributed by atoms with Crippen LogP contribution in [0.4, 0.5) is 10.1 Å². The summed E-state index contributed by atoms with van der Waals surface area (Å²) in [6.07, 6.45) is -0.136. The molecule has 0 spiro atoms. The summed E-state index contributed by atoms with van der Waals surface area (Å²) in [5, 5.41) is 10.5. The van der Waals surface area contributed by atoms with Crippen molar-refractivity contribution in [1.29, 1.82) is 0 Å². The van der Waals surface area contributed by atoms with Gasteiger partial charge in [0.25, 0.3) is 10.0 Å². The van der Waals surface area contributed by atoms with Crippen LogP contribution in [-0.4, -0.2) is 65.0 Å². The first-order valence-corrected chi connectivity index (χ1v) is 14.2. The number of halogens is 2. The highest BCUT2D eigenvalue weighted by Crippen LogP contribution is 2.33. The summed E-state index contributed by atoms with van der Waals surface area (Å²) in [4.78, 5) is 13.0. The number of alkyl halides is 1. The number of hydrogen-bond donors (Lipinski definition) is 3. The third-order valence-electron chi connectivity index (χ3n) is 6.00. The molecular weight excluding hydrogens is 549 g/mol. The fourth-order valence-electron chi connectivity index (χ4n) is 4.14. The quantitative estimate of drug-likeness (QED) is 0.283. The van der Waals surface area contributed by atoms with Gasteiger partial charge < -0.3 is 14.8 Å². The maximum absolute atomic E-state index is 14.5. The Labute approximate surface area is 229 Å². The molecule has 0 amide bonds. The van der Waals surface area contributed by atoms with Crippen molar-refractivity contribution < 1.29 is 22.3 Å². The van der Waals surface area contributed by atoms with Crippen molar-refractivity contribution in [2.24, 2.45) is 0 Å². The second-order valence-corrected chi connectivity index (χ2v) is 11.4.